The number of fused-ring (bicyclic) bond motifs is 1. The van der Waals surface area contributed by atoms with Gasteiger partial charge in [-0.1, -0.05) is 82.3 Å². The Morgan fingerprint density at radius 2 is 1.08 bits per heavy atom. The average molecular weight is 953 g/mol. The number of aromatic amines is 2. The van der Waals surface area contributed by atoms with Crippen LogP contribution >= 0.6 is 54.0 Å². The van der Waals surface area contributed by atoms with Crippen LogP contribution in [0.15, 0.2) is 77.7 Å². The topological polar surface area (TPSA) is 192 Å². The molecule has 0 radical (unpaired) electrons. The van der Waals surface area contributed by atoms with E-state index in [0.29, 0.717) is 42.1 Å². The summed E-state index contributed by atoms with van der Waals surface area (Å²) in [5, 5.41) is 5.80. The summed E-state index contributed by atoms with van der Waals surface area (Å²) < 4.78 is 9.51. The number of aromatic nitrogens is 4. The maximum atomic E-state index is 13.7. The third-order valence-corrected chi connectivity index (χ3v) is 11.6. The van der Waals surface area contributed by atoms with Gasteiger partial charge in [0.05, 0.1) is 49.1 Å². The molecule has 2 aliphatic heterocycles. The van der Waals surface area contributed by atoms with Gasteiger partial charge >= 0.3 is 12.2 Å². The lowest BCUT2D eigenvalue weighted by Gasteiger charge is -2.30. The molecule has 15 nitrogen and oxygen atoms in total. The third-order valence-electron chi connectivity index (χ3n) is 11.6. The first-order valence-electron chi connectivity index (χ1n) is 20.5. The van der Waals surface area contributed by atoms with Crippen molar-refractivity contribution in [3.8, 4) is 33.5 Å². The van der Waals surface area contributed by atoms with E-state index in [1.54, 1.807) is 22.1 Å². The number of imidazole rings is 1. The fourth-order valence-electron chi connectivity index (χ4n) is 8.23. The normalized spacial score (nSPS) is 16.4. The fraction of sp³-hybridized carbons (Fsp3) is 0.400. The predicted molar refractivity (Wildman–Crippen MR) is 268 cm³/mol. The molecule has 2 aliphatic rings. The summed E-state index contributed by atoms with van der Waals surface area (Å²) in [5.74, 6) is 0.441. The van der Waals surface area contributed by atoms with Gasteiger partial charge in [0.15, 0.2) is 0 Å². The maximum absolute atomic E-state index is 13.7. The van der Waals surface area contributed by atoms with Crippen molar-refractivity contribution in [1.82, 2.24) is 40.4 Å². The smallest absolute Gasteiger partial charge is 0.407 e. The van der Waals surface area contributed by atoms with Gasteiger partial charge in [0.2, 0.25) is 11.8 Å². The number of methoxy groups -OCH3 is 2. The lowest BCUT2D eigenvalue weighted by molar-refractivity contribution is -0.136. The summed E-state index contributed by atoms with van der Waals surface area (Å²) in [7, 11) is 2.54. The van der Waals surface area contributed by atoms with E-state index in [2.05, 4.69) is 49.9 Å². The number of likely N-dealkylation sites (tertiary alicyclic amines) is 2. The molecule has 0 spiro atoms. The Balaban J connectivity index is 0.00000272. The van der Waals surface area contributed by atoms with Crippen LogP contribution in [0.5, 0.6) is 0 Å². The summed E-state index contributed by atoms with van der Waals surface area (Å²) in [4.78, 5) is 83.9. The van der Waals surface area contributed by atoms with Gasteiger partial charge in [-0.05, 0) is 77.5 Å². The number of hydrogen-bond acceptors (Lipinski definition) is 9. The van der Waals surface area contributed by atoms with Crippen molar-refractivity contribution in [2.75, 3.05) is 27.3 Å². The highest BCUT2D eigenvalue weighted by Gasteiger charge is 2.39. The number of alkyl carbamates (subject to hydrolysis) is 2. The largest absolute Gasteiger partial charge is 0.453 e. The molecule has 4 amide bonds. The van der Waals surface area contributed by atoms with Gasteiger partial charge in [-0.25, -0.2) is 19.6 Å². The number of H-pyrrole nitrogens is 2. The van der Waals surface area contributed by atoms with Crippen molar-refractivity contribution in [3.63, 3.8) is 0 Å². The molecule has 2 saturated heterocycles. The molecule has 64 heavy (non-hydrogen) atoms. The van der Waals surface area contributed by atoms with Crippen molar-refractivity contribution >= 4 is 88.9 Å². The summed E-state index contributed by atoms with van der Waals surface area (Å²) in [5.41, 5.74) is 5.96. The zero-order valence-electron chi connectivity index (χ0n) is 36.8. The summed E-state index contributed by atoms with van der Waals surface area (Å²) >= 11 is 0. The second kappa shape index (κ2) is 23.2. The number of carbonyl (C=O) groups is 4. The monoisotopic (exact) mass is 952 g/mol. The number of nitrogens with zero attached hydrogens (tertiary/aromatic N) is 4. The van der Waals surface area contributed by atoms with E-state index < -0.39 is 30.3 Å². The van der Waals surface area contributed by atoms with E-state index in [-0.39, 0.29) is 89.2 Å². The van der Waals surface area contributed by atoms with Crippen LogP contribution in [0.3, 0.4) is 0 Å². The highest BCUT2D eigenvalue weighted by Crippen LogP contribution is 2.35. The predicted octanol–water partition coefficient (Wildman–Crippen LogP) is 7.19. The maximum Gasteiger partial charge on any atom is 0.407 e. The molecule has 346 valence electrons. The minimum Gasteiger partial charge on any atom is -0.453 e. The quantitative estimate of drug-likeness (QED) is 0.106. The Hall–Kier alpha value is -5.11. The molecule has 5 aromatic rings. The van der Waals surface area contributed by atoms with Crippen LogP contribution < -0.4 is 16.2 Å². The number of amides is 4. The number of nitrogens with one attached hydrogen (secondary N) is 4. The van der Waals surface area contributed by atoms with Gasteiger partial charge in [-0.3, -0.25) is 14.4 Å². The summed E-state index contributed by atoms with van der Waals surface area (Å²) in [6, 6.07) is 19.8. The molecule has 4 heterocycles. The molecule has 2 aromatic heterocycles. The molecule has 4 atom stereocenters. The van der Waals surface area contributed by atoms with Crippen molar-refractivity contribution in [2.24, 2.45) is 11.8 Å². The Morgan fingerprint density at radius 1 is 0.641 bits per heavy atom. The Kier molecular flexibility index (Phi) is 19.3. The van der Waals surface area contributed by atoms with Crippen LogP contribution in [0.4, 0.5) is 9.59 Å². The van der Waals surface area contributed by atoms with E-state index in [1.807, 2.05) is 64.1 Å². The van der Waals surface area contributed by atoms with E-state index >= 15 is 0 Å². The van der Waals surface area contributed by atoms with E-state index in [0.717, 1.165) is 52.8 Å². The van der Waals surface area contributed by atoms with E-state index in [4.69, 9.17) is 14.5 Å². The molecule has 0 bridgehead atoms. The van der Waals surface area contributed by atoms with Crippen LogP contribution in [0, 0.1) is 11.8 Å². The minimum absolute atomic E-state index is 0. The zero-order chi connectivity index (χ0) is 42.7. The van der Waals surface area contributed by atoms with Gasteiger partial charge < -0.3 is 39.9 Å². The van der Waals surface area contributed by atoms with Crippen molar-refractivity contribution in [2.45, 2.75) is 77.5 Å². The first-order chi connectivity index (χ1) is 28.9. The Bertz CT molecular complexity index is 2450. The number of benzene rings is 3. The van der Waals surface area contributed by atoms with E-state index in [1.165, 1.54) is 14.2 Å². The van der Waals surface area contributed by atoms with Crippen LogP contribution in [-0.2, 0) is 19.1 Å². The van der Waals surface area contributed by atoms with Gasteiger partial charge in [0, 0.05) is 13.1 Å². The third kappa shape index (κ3) is 11.4. The van der Waals surface area contributed by atoms with Gasteiger partial charge in [-0.2, -0.15) is 54.0 Å². The second-order valence-corrected chi connectivity index (χ2v) is 16.1. The van der Waals surface area contributed by atoms with Crippen molar-refractivity contribution in [1.29, 1.82) is 0 Å². The highest BCUT2D eigenvalue weighted by atomic mass is 32.1. The molecule has 0 aliphatic carbocycles. The highest BCUT2D eigenvalue weighted by molar-refractivity contribution is 7.59. The number of carbonyl (C=O) groups excluding carboxylic acids is 4. The van der Waals surface area contributed by atoms with Crippen molar-refractivity contribution < 1.29 is 28.7 Å². The molecular weight excluding hydrogens is 893 g/mol. The molecule has 2 fully saturated rings. The van der Waals surface area contributed by atoms with Crippen LogP contribution in [0.1, 0.15) is 77.1 Å². The number of hydrogen-bond donors (Lipinski definition) is 4. The van der Waals surface area contributed by atoms with Crippen LogP contribution in [0.2, 0.25) is 0 Å². The fourth-order valence-corrected chi connectivity index (χ4v) is 8.23. The average Bonchev–Trinajstić information content (AvgIpc) is 4.06. The van der Waals surface area contributed by atoms with E-state index in [9.17, 15) is 24.0 Å². The van der Waals surface area contributed by atoms with Crippen molar-refractivity contribution in [3.05, 3.63) is 94.9 Å². The summed E-state index contributed by atoms with van der Waals surface area (Å²) in [6.07, 6.45) is 3.46. The molecule has 4 N–H and O–H groups in total. The van der Waals surface area contributed by atoms with Crippen LogP contribution in [0.25, 0.3) is 44.4 Å². The number of ether oxygens (including phenoxy) is 2. The second-order valence-electron chi connectivity index (χ2n) is 16.1. The number of rotatable bonds is 11. The zero-order valence-corrected chi connectivity index (χ0v) is 40.8. The first kappa shape index (κ1) is 53.2. The SMILES string of the molecule is COC(=O)N[C@H](C(=O)N1CCC[C@H]1c1ncc(-c2ccc(-c3ccc(-c4ccc5c(=O)[nH]c([C@@H]6CCCN6C(=O)[C@@H](NC(=O)OC)C(C)C)nc5c4)cc3)cc2)[nH]1)C(C)C.S.S.S.S. The molecular formula is C45H60N8O7S4. The minimum atomic E-state index is -0.779. The Labute approximate surface area is 401 Å². The molecule has 7 rings (SSSR count). The molecule has 19 heteroatoms. The van der Waals surface area contributed by atoms with Gasteiger partial charge in [0.25, 0.3) is 5.56 Å². The molecule has 3 aromatic carbocycles. The molecule has 0 saturated carbocycles. The summed E-state index contributed by atoms with van der Waals surface area (Å²) in [6.45, 7) is 8.57. The van der Waals surface area contributed by atoms with Crippen LogP contribution in [-0.4, -0.2) is 93.1 Å². The Morgan fingerprint density at radius 3 is 1.55 bits per heavy atom. The van der Waals surface area contributed by atoms with Gasteiger partial charge in [0.1, 0.15) is 23.7 Å². The standard InChI is InChI=1S/C45H52N8O7.4H2S/c1-25(2)37(49-44(57)59-5)42(55)52-21-7-9-35(52)39-46-24-34(48-39)30-17-15-28(16-18-30)27-11-13-29(14-12-27)31-19-20-32-33(23-31)47-40(51-41(32)54)36-10-8-22-53(36)43(56)38(26(3)4)50-45(58)60-6;;;;/h11-20,23-26,35-38H,7-10,21-22H2,1-6H3,(H,46,48)(H,49,57)(H,50,58)(H,47,51,54);4*1H2/t35-,36-,37-,38-;;;;/m0..../s1. The first-order valence-corrected chi connectivity index (χ1v) is 20.5. The lowest BCUT2D eigenvalue weighted by atomic mass is 9.98. The lowest BCUT2D eigenvalue weighted by Crippen LogP contribution is -2.51. The molecule has 0 unspecified atom stereocenters. The van der Waals surface area contributed by atoms with Gasteiger partial charge in [-0.15, -0.1) is 0 Å².